The van der Waals surface area contributed by atoms with Gasteiger partial charge >= 0.3 is 0 Å². The average molecular weight is 817 g/mol. The van der Waals surface area contributed by atoms with E-state index in [0.29, 0.717) is 11.8 Å². The summed E-state index contributed by atoms with van der Waals surface area (Å²) in [4.78, 5) is 20.9. The lowest BCUT2D eigenvalue weighted by molar-refractivity contribution is 0.996. The number of nitrogens with zero attached hydrogens (tertiary/aromatic N) is 6. The van der Waals surface area contributed by atoms with Crippen LogP contribution in [0.3, 0.4) is 0 Å². The minimum Gasteiger partial charge on any atom is -0.309 e. The summed E-state index contributed by atoms with van der Waals surface area (Å²) >= 11 is 0. The van der Waals surface area contributed by atoms with E-state index in [1.807, 2.05) is 18.2 Å². The van der Waals surface area contributed by atoms with Crippen molar-refractivity contribution in [1.29, 1.82) is 0 Å². The molecule has 4 heterocycles. The Kier molecular flexibility index (Phi) is 8.11. The van der Waals surface area contributed by atoms with Crippen LogP contribution in [0.15, 0.2) is 218 Å². The van der Waals surface area contributed by atoms with E-state index >= 15 is 0 Å². The molecule has 0 N–H and O–H groups in total. The molecule has 9 aromatic carbocycles. The van der Waals surface area contributed by atoms with Gasteiger partial charge in [-0.2, -0.15) is 0 Å². The second-order valence-corrected chi connectivity index (χ2v) is 16.3. The number of benzene rings is 9. The monoisotopic (exact) mass is 816 g/mol. The molecular formula is C58H36N6. The Morgan fingerprint density at radius 3 is 1.52 bits per heavy atom. The molecule has 0 spiro atoms. The molecule has 0 atom stereocenters. The molecule has 0 radical (unpaired) electrons. The van der Waals surface area contributed by atoms with Gasteiger partial charge in [0.25, 0.3) is 0 Å². The van der Waals surface area contributed by atoms with Crippen molar-refractivity contribution in [2.45, 2.75) is 0 Å². The number of rotatable bonds is 6. The fourth-order valence-corrected chi connectivity index (χ4v) is 9.58. The number of aromatic nitrogens is 6. The second-order valence-electron chi connectivity index (χ2n) is 16.3. The van der Waals surface area contributed by atoms with Crippen molar-refractivity contribution in [2.24, 2.45) is 0 Å². The molecule has 0 aliphatic heterocycles. The van der Waals surface area contributed by atoms with Crippen molar-refractivity contribution >= 4 is 65.3 Å². The van der Waals surface area contributed by atoms with Crippen molar-refractivity contribution in [2.75, 3.05) is 0 Å². The summed E-state index contributed by atoms with van der Waals surface area (Å²) in [5.41, 5.74) is 13.1. The van der Waals surface area contributed by atoms with Gasteiger partial charge in [0.05, 0.1) is 44.7 Å². The van der Waals surface area contributed by atoms with Crippen LogP contribution < -0.4 is 0 Å². The fourth-order valence-electron chi connectivity index (χ4n) is 9.58. The van der Waals surface area contributed by atoms with Crippen LogP contribution in [-0.4, -0.2) is 29.1 Å². The smallest absolute Gasteiger partial charge is 0.235 e. The summed E-state index contributed by atoms with van der Waals surface area (Å²) in [6.45, 7) is 0. The lowest BCUT2D eigenvalue weighted by atomic mass is 10.0. The summed E-state index contributed by atoms with van der Waals surface area (Å²) in [5, 5.41) is 8.10. The van der Waals surface area contributed by atoms with Crippen LogP contribution in [0.4, 0.5) is 0 Å². The molecule has 0 unspecified atom stereocenters. The maximum Gasteiger partial charge on any atom is 0.235 e. The Bertz CT molecular complexity index is 3890. The molecule has 298 valence electrons. The predicted octanol–water partition coefficient (Wildman–Crippen LogP) is 14.4. The Morgan fingerprint density at radius 2 is 0.844 bits per heavy atom. The molecule has 4 aromatic heterocycles. The molecule has 6 nitrogen and oxygen atoms in total. The van der Waals surface area contributed by atoms with E-state index in [1.165, 1.54) is 26.9 Å². The molecule has 13 aromatic rings. The highest BCUT2D eigenvalue weighted by atomic mass is 15.2. The first-order valence-electron chi connectivity index (χ1n) is 21.6. The zero-order valence-corrected chi connectivity index (χ0v) is 34.5. The SMILES string of the molecule is c1ccc(-c2cc(-c3ccccc3)nc(-n3c4ccccc4c4c5c6ccccc6n(-c6ccc(-c7nc(-c8ccc9ccccc9c8)c8ccccc8n7)cc6)c5ccc43)n2)cc1. The summed E-state index contributed by atoms with van der Waals surface area (Å²) in [6, 6.07) is 76.6. The van der Waals surface area contributed by atoms with Gasteiger partial charge in [-0.3, -0.25) is 4.57 Å². The van der Waals surface area contributed by atoms with Crippen molar-refractivity contribution in [3.63, 3.8) is 0 Å². The molecule has 0 fully saturated rings. The van der Waals surface area contributed by atoms with Gasteiger partial charge in [-0.25, -0.2) is 19.9 Å². The third-order valence-electron chi connectivity index (χ3n) is 12.5. The molecule has 0 bridgehead atoms. The standard InChI is InChI=1S/C58H36N6/c1-3-16-38(17-4-1)48-36-49(39-18-5-2-6-19-39)61-58(60-48)64-51-26-14-11-23-46(51)55-53(64)34-33-52-54(55)45-22-10-13-25-50(45)63(52)43-31-29-40(30-32-43)57-59-47-24-12-9-21-44(47)56(62-57)42-28-27-37-15-7-8-20-41(37)35-42/h1-36H. The highest BCUT2D eigenvalue weighted by molar-refractivity contribution is 6.28. The lowest BCUT2D eigenvalue weighted by Gasteiger charge is -2.12. The van der Waals surface area contributed by atoms with Crippen LogP contribution in [-0.2, 0) is 0 Å². The minimum atomic E-state index is 0.629. The minimum absolute atomic E-state index is 0.629. The van der Waals surface area contributed by atoms with Crippen LogP contribution >= 0.6 is 0 Å². The third kappa shape index (κ3) is 5.73. The second kappa shape index (κ2) is 14.4. The first-order valence-corrected chi connectivity index (χ1v) is 21.6. The maximum absolute atomic E-state index is 5.29. The normalized spacial score (nSPS) is 11.8. The topological polar surface area (TPSA) is 61.4 Å². The van der Waals surface area contributed by atoms with Crippen LogP contribution in [0.5, 0.6) is 0 Å². The largest absolute Gasteiger partial charge is 0.309 e. The van der Waals surface area contributed by atoms with Gasteiger partial charge in [-0.15, -0.1) is 0 Å². The van der Waals surface area contributed by atoms with Gasteiger partial charge < -0.3 is 4.57 Å². The molecule has 64 heavy (non-hydrogen) atoms. The highest BCUT2D eigenvalue weighted by Crippen LogP contribution is 2.43. The molecular weight excluding hydrogens is 781 g/mol. The number of hydrogen-bond acceptors (Lipinski definition) is 4. The molecule has 0 saturated heterocycles. The molecule has 0 aliphatic carbocycles. The Morgan fingerprint density at radius 1 is 0.312 bits per heavy atom. The van der Waals surface area contributed by atoms with E-state index < -0.39 is 0 Å². The first kappa shape index (κ1) is 36.0. The van der Waals surface area contributed by atoms with Gasteiger partial charge in [-0.05, 0) is 77.5 Å². The van der Waals surface area contributed by atoms with Gasteiger partial charge in [0.15, 0.2) is 5.82 Å². The molecule has 0 saturated carbocycles. The quantitative estimate of drug-likeness (QED) is 0.168. The number of hydrogen-bond donors (Lipinski definition) is 0. The van der Waals surface area contributed by atoms with Gasteiger partial charge in [0.2, 0.25) is 5.95 Å². The summed E-state index contributed by atoms with van der Waals surface area (Å²) in [7, 11) is 0. The van der Waals surface area contributed by atoms with Crippen LogP contribution in [0.2, 0.25) is 0 Å². The highest BCUT2D eigenvalue weighted by Gasteiger charge is 2.22. The Balaban J connectivity index is 0.985. The first-order chi connectivity index (χ1) is 31.7. The van der Waals surface area contributed by atoms with Crippen LogP contribution in [0, 0.1) is 0 Å². The van der Waals surface area contributed by atoms with Gasteiger partial charge in [-0.1, -0.05) is 152 Å². The number of para-hydroxylation sites is 3. The summed E-state index contributed by atoms with van der Waals surface area (Å²) in [6.07, 6.45) is 0. The van der Waals surface area contributed by atoms with E-state index in [1.54, 1.807) is 0 Å². The van der Waals surface area contributed by atoms with Crippen molar-refractivity contribution < 1.29 is 0 Å². The van der Waals surface area contributed by atoms with E-state index in [4.69, 9.17) is 19.9 Å². The molecule has 0 amide bonds. The van der Waals surface area contributed by atoms with E-state index in [2.05, 4.69) is 209 Å². The summed E-state index contributed by atoms with van der Waals surface area (Å²) in [5.74, 6) is 1.32. The average Bonchev–Trinajstić information content (AvgIpc) is 3.89. The van der Waals surface area contributed by atoms with Crippen molar-refractivity contribution in [3.8, 4) is 56.8 Å². The summed E-state index contributed by atoms with van der Waals surface area (Å²) < 4.78 is 4.61. The zero-order valence-electron chi connectivity index (χ0n) is 34.5. The van der Waals surface area contributed by atoms with Gasteiger partial charge in [0, 0.05) is 54.9 Å². The van der Waals surface area contributed by atoms with Crippen LogP contribution in [0.1, 0.15) is 0 Å². The molecule has 13 rings (SSSR count). The van der Waals surface area contributed by atoms with Crippen LogP contribution in [0.25, 0.3) is 122 Å². The van der Waals surface area contributed by atoms with Crippen molar-refractivity contribution in [1.82, 2.24) is 29.1 Å². The third-order valence-corrected chi connectivity index (χ3v) is 12.5. The zero-order chi connectivity index (χ0) is 42.1. The Labute approximate surface area is 368 Å². The van der Waals surface area contributed by atoms with Crippen molar-refractivity contribution in [3.05, 3.63) is 218 Å². The van der Waals surface area contributed by atoms with E-state index in [-0.39, 0.29) is 0 Å². The lowest BCUT2D eigenvalue weighted by Crippen LogP contribution is -2.04. The maximum atomic E-state index is 5.29. The predicted molar refractivity (Wildman–Crippen MR) is 263 cm³/mol. The Hall–Kier alpha value is -8.74. The number of fused-ring (bicyclic) bond motifs is 9. The van der Waals surface area contributed by atoms with E-state index in [0.717, 1.165) is 83.4 Å². The van der Waals surface area contributed by atoms with Gasteiger partial charge in [0.1, 0.15) is 0 Å². The molecule has 6 heteroatoms. The fraction of sp³-hybridized carbons (Fsp3) is 0. The van der Waals surface area contributed by atoms with E-state index in [9.17, 15) is 0 Å². The molecule has 0 aliphatic rings.